The molecule has 0 bridgehead atoms. The zero-order valence-electron chi connectivity index (χ0n) is 15.7. The van der Waals surface area contributed by atoms with Crippen LogP contribution in [0.2, 0.25) is 0 Å². The van der Waals surface area contributed by atoms with Crippen LogP contribution in [0.5, 0.6) is 0 Å². The van der Waals surface area contributed by atoms with Crippen molar-refractivity contribution in [2.45, 2.75) is 34.6 Å². The van der Waals surface area contributed by atoms with Gasteiger partial charge in [-0.2, -0.15) is 0 Å². The van der Waals surface area contributed by atoms with Crippen LogP contribution in [0.4, 0.5) is 0 Å². The predicted molar refractivity (Wildman–Crippen MR) is 106 cm³/mol. The monoisotopic (exact) mass is 404 g/mol. The van der Waals surface area contributed by atoms with Crippen LogP contribution in [-0.4, -0.2) is 22.6 Å². The molecule has 2 aliphatic rings. The molecule has 7 heteroatoms. The summed E-state index contributed by atoms with van der Waals surface area (Å²) >= 11 is 0. The zero-order chi connectivity index (χ0) is 20.6. The number of hydrogen-bond acceptors (Lipinski definition) is 5. The second kappa shape index (κ2) is 7.29. The Kier molecular flexibility index (Phi) is 5.64. The first-order chi connectivity index (χ1) is 12.4. The maximum atomic E-state index is 12.2. The molecule has 0 fully saturated rings. The minimum atomic E-state index is -3.70. The molecule has 0 saturated carbocycles. The maximum absolute atomic E-state index is 12.2. The van der Waals surface area contributed by atoms with Crippen molar-refractivity contribution in [2.75, 3.05) is 0 Å². The van der Waals surface area contributed by atoms with Crippen LogP contribution < -0.4 is 0 Å². The molecule has 0 N–H and O–H groups in total. The van der Waals surface area contributed by atoms with Crippen LogP contribution in [0, 0.1) is 0 Å². The predicted octanol–water partition coefficient (Wildman–Crippen LogP) is 3.58. The van der Waals surface area contributed by atoms with Crippen molar-refractivity contribution in [1.29, 1.82) is 0 Å². The summed E-state index contributed by atoms with van der Waals surface area (Å²) < 4.78 is 48.6. The van der Waals surface area contributed by atoms with Gasteiger partial charge in [0.1, 0.15) is 4.91 Å². The second-order valence-electron chi connectivity index (χ2n) is 6.20. The van der Waals surface area contributed by atoms with Crippen LogP contribution >= 0.6 is 0 Å². The van der Waals surface area contributed by atoms with Gasteiger partial charge in [0, 0.05) is 16.6 Å². The Morgan fingerprint density at radius 3 is 1.81 bits per heavy atom. The van der Waals surface area contributed by atoms with Gasteiger partial charge < -0.3 is 0 Å². The fourth-order valence-corrected chi connectivity index (χ4v) is 5.74. The lowest BCUT2D eigenvalue weighted by atomic mass is 10.1. The van der Waals surface area contributed by atoms with E-state index in [2.05, 4.69) is 11.5 Å². The number of carbonyl (C=O) groups is 1. The Morgan fingerprint density at radius 1 is 0.741 bits per heavy atom. The SMILES string of the molecule is CC1=C(C)S(=O)(=O)C(=CC=CC=C=C=CC2=C(C)C(C)=C(C)S2(=O)=O)C1=O. The second-order valence-corrected chi connectivity index (χ2v) is 10.3. The molecule has 27 heavy (non-hydrogen) atoms. The largest absolute Gasteiger partial charge is 0.288 e. The van der Waals surface area contributed by atoms with E-state index in [1.165, 1.54) is 44.2 Å². The van der Waals surface area contributed by atoms with E-state index in [0.717, 1.165) is 5.57 Å². The average Bonchev–Trinajstić information content (AvgIpc) is 2.84. The van der Waals surface area contributed by atoms with Gasteiger partial charge in [0.05, 0.1) is 9.81 Å². The third-order valence-corrected chi connectivity index (χ3v) is 8.89. The summed E-state index contributed by atoms with van der Waals surface area (Å²) in [5.74, 6) is -0.497. The number of hydrogen-bond donors (Lipinski definition) is 0. The van der Waals surface area contributed by atoms with Gasteiger partial charge in [0.15, 0.2) is 0 Å². The highest BCUT2D eigenvalue weighted by Gasteiger charge is 2.36. The van der Waals surface area contributed by atoms with Gasteiger partial charge in [0.25, 0.3) is 0 Å². The Balaban J connectivity index is 2.23. The maximum Gasteiger partial charge on any atom is 0.206 e. The highest BCUT2D eigenvalue weighted by Crippen LogP contribution is 2.35. The van der Waals surface area contributed by atoms with E-state index in [0.29, 0.717) is 10.5 Å². The van der Waals surface area contributed by atoms with Crippen LogP contribution in [0.15, 0.2) is 78.2 Å². The fraction of sp³-hybridized carbons (Fsp3) is 0.250. The molecular formula is C20H20O5S2. The smallest absolute Gasteiger partial charge is 0.206 e. The lowest BCUT2D eigenvalue weighted by Crippen LogP contribution is -2.03. The van der Waals surface area contributed by atoms with E-state index in [1.807, 2.05) is 0 Å². The molecule has 0 atom stereocenters. The third-order valence-electron chi connectivity index (χ3n) is 4.76. The molecule has 2 aliphatic heterocycles. The van der Waals surface area contributed by atoms with Crippen molar-refractivity contribution < 1.29 is 21.6 Å². The Hall–Kier alpha value is -2.43. The van der Waals surface area contributed by atoms with Crippen molar-refractivity contribution in [3.63, 3.8) is 0 Å². The summed E-state index contributed by atoms with van der Waals surface area (Å²) in [4.78, 5) is 12.3. The summed E-state index contributed by atoms with van der Waals surface area (Å²) in [5, 5.41) is 0. The lowest BCUT2D eigenvalue weighted by Gasteiger charge is -1.96. The van der Waals surface area contributed by atoms with Gasteiger partial charge in [0.2, 0.25) is 25.5 Å². The molecule has 0 radical (unpaired) electrons. The lowest BCUT2D eigenvalue weighted by molar-refractivity contribution is -0.111. The molecule has 2 rings (SSSR count). The summed E-state index contributed by atoms with van der Waals surface area (Å²) in [7, 11) is -7.15. The van der Waals surface area contributed by atoms with Crippen molar-refractivity contribution in [3.8, 4) is 0 Å². The van der Waals surface area contributed by atoms with Crippen LogP contribution in [0.25, 0.3) is 0 Å². The molecule has 0 spiro atoms. The van der Waals surface area contributed by atoms with Crippen LogP contribution in [-0.2, 0) is 24.5 Å². The minimum Gasteiger partial charge on any atom is -0.288 e. The van der Waals surface area contributed by atoms with E-state index >= 15 is 0 Å². The highest BCUT2D eigenvalue weighted by molar-refractivity contribution is 8.00. The molecule has 142 valence electrons. The molecule has 0 aromatic rings. The standard InChI is InChI=1S/C20H20O5S2/c1-13-14(2)18(26(22,23)16(13)4)11-9-7-6-8-10-12-19-20(21)15(3)17(5)27(19,24)25/h6,8,10-12H,1-5H3. The zero-order valence-corrected chi connectivity index (χ0v) is 17.4. The highest BCUT2D eigenvalue weighted by atomic mass is 32.2. The van der Waals surface area contributed by atoms with Crippen molar-refractivity contribution in [3.05, 3.63) is 78.2 Å². The molecule has 5 nitrogen and oxygen atoms in total. The molecule has 0 aromatic carbocycles. The minimum absolute atomic E-state index is 0.0751. The molecule has 0 saturated heterocycles. The van der Waals surface area contributed by atoms with E-state index in [9.17, 15) is 21.6 Å². The summed E-state index contributed by atoms with van der Waals surface area (Å²) in [6.07, 6.45) is 6.94. The number of carbonyl (C=O) groups excluding carboxylic acids is 1. The molecule has 2 heterocycles. The number of rotatable bonds is 3. The molecule has 0 aliphatic carbocycles. The van der Waals surface area contributed by atoms with Gasteiger partial charge in [-0.05, 0) is 57.9 Å². The van der Waals surface area contributed by atoms with E-state index in [1.54, 1.807) is 20.8 Å². The number of allylic oxidation sites excluding steroid dienone is 11. The fourth-order valence-electron chi connectivity index (χ4n) is 2.60. The molecule has 0 unspecified atom stereocenters. The Labute approximate surface area is 160 Å². The normalized spacial score (nSPS) is 22.7. The first-order valence-corrected chi connectivity index (χ1v) is 11.1. The molecular weight excluding hydrogens is 384 g/mol. The quantitative estimate of drug-likeness (QED) is 0.408. The number of ketones is 1. The van der Waals surface area contributed by atoms with Gasteiger partial charge in [-0.15, -0.1) is 0 Å². The van der Waals surface area contributed by atoms with Crippen LogP contribution in [0.1, 0.15) is 34.6 Å². The Bertz CT molecular complexity index is 1200. The van der Waals surface area contributed by atoms with Gasteiger partial charge in [-0.25, -0.2) is 16.8 Å². The van der Waals surface area contributed by atoms with Crippen molar-refractivity contribution >= 4 is 25.5 Å². The first kappa shape index (κ1) is 20.9. The topological polar surface area (TPSA) is 85.3 Å². The van der Waals surface area contributed by atoms with E-state index in [4.69, 9.17) is 0 Å². The summed E-state index contributed by atoms with van der Waals surface area (Å²) in [6.45, 7) is 7.96. The molecule has 0 aromatic heterocycles. The van der Waals surface area contributed by atoms with Crippen LogP contribution in [0.3, 0.4) is 0 Å². The third kappa shape index (κ3) is 3.55. The Morgan fingerprint density at radius 2 is 1.33 bits per heavy atom. The van der Waals surface area contributed by atoms with Gasteiger partial charge >= 0.3 is 0 Å². The number of sulfone groups is 2. The van der Waals surface area contributed by atoms with Crippen molar-refractivity contribution in [1.82, 2.24) is 0 Å². The van der Waals surface area contributed by atoms with E-state index in [-0.39, 0.29) is 20.3 Å². The number of Topliss-reactive ketones (excluding diaryl/α,β-unsaturated/α-hetero) is 1. The van der Waals surface area contributed by atoms with E-state index < -0.39 is 25.5 Å². The van der Waals surface area contributed by atoms with Crippen molar-refractivity contribution in [2.24, 2.45) is 0 Å². The summed E-state index contributed by atoms with van der Waals surface area (Å²) in [6, 6.07) is 0. The first-order valence-electron chi connectivity index (χ1n) is 8.09. The van der Waals surface area contributed by atoms with Gasteiger partial charge in [-0.1, -0.05) is 23.6 Å². The summed E-state index contributed by atoms with van der Waals surface area (Å²) in [5.41, 5.74) is 6.98. The van der Waals surface area contributed by atoms with Gasteiger partial charge in [-0.3, -0.25) is 4.79 Å². The average molecular weight is 405 g/mol. The molecule has 0 amide bonds.